The molecule has 0 bridgehead atoms. The lowest BCUT2D eigenvalue weighted by molar-refractivity contribution is -0.123. The van der Waals surface area contributed by atoms with E-state index in [0.717, 1.165) is 6.07 Å². The van der Waals surface area contributed by atoms with Crippen molar-refractivity contribution in [3.05, 3.63) is 53.8 Å². The zero-order chi connectivity index (χ0) is 19.6. The van der Waals surface area contributed by atoms with E-state index in [4.69, 9.17) is 9.47 Å². The molecule has 2 aromatic rings. The van der Waals surface area contributed by atoms with Gasteiger partial charge in [-0.25, -0.2) is 9.82 Å². The lowest BCUT2D eigenvalue weighted by Crippen LogP contribution is -2.24. The van der Waals surface area contributed by atoms with Gasteiger partial charge in [0.25, 0.3) is 5.91 Å². The molecule has 0 aromatic heterocycles. The highest BCUT2D eigenvalue weighted by Crippen LogP contribution is 2.29. The van der Waals surface area contributed by atoms with Gasteiger partial charge in [0, 0.05) is 6.07 Å². The van der Waals surface area contributed by atoms with Gasteiger partial charge in [-0.05, 0) is 42.8 Å². The van der Waals surface area contributed by atoms with E-state index in [9.17, 15) is 18.0 Å². The second-order valence-electron chi connectivity index (χ2n) is 5.06. The summed E-state index contributed by atoms with van der Waals surface area (Å²) in [4.78, 5) is 11.7. The first-order valence-electron chi connectivity index (χ1n) is 7.90. The molecular formula is C18H17F3N2O4. The molecule has 1 N–H and O–H groups in total. The smallest absolute Gasteiger partial charge is 0.387 e. The number of nitrogens with one attached hydrogen (secondary N) is 1. The Morgan fingerprint density at radius 2 is 2.00 bits per heavy atom. The van der Waals surface area contributed by atoms with Gasteiger partial charge in [-0.3, -0.25) is 4.79 Å². The monoisotopic (exact) mass is 382 g/mol. The highest BCUT2D eigenvalue weighted by atomic mass is 19.3. The van der Waals surface area contributed by atoms with Crippen molar-refractivity contribution in [3.63, 3.8) is 0 Å². The van der Waals surface area contributed by atoms with Crippen LogP contribution in [-0.4, -0.2) is 31.9 Å². The first kappa shape index (κ1) is 20.1. The summed E-state index contributed by atoms with van der Waals surface area (Å²) in [5.41, 5.74) is 2.73. The SMILES string of the molecule is CCOc1cc(/C=N\NC(=O)COc2cccc(F)c2)ccc1OC(F)F. The maximum absolute atomic E-state index is 13.0. The van der Waals surface area contributed by atoms with Crippen molar-refractivity contribution in [2.75, 3.05) is 13.2 Å². The number of hydrogen-bond acceptors (Lipinski definition) is 5. The number of amides is 1. The van der Waals surface area contributed by atoms with Gasteiger partial charge in [-0.15, -0.1) is 0 Å². The Labute approximate surface area is 153 Å². The molecule has 0 saturated carbocycles. The fourth-order valence-corrected chi connectivity index (χ4v) is 1.98. The number of hydrazone groups is 1. The Morgan fingerprint density at radius 3 is 2.70 bits per heavy atom. The first-order chi connectivity index (χ1) is 13.0. The summed E-state index contributed by atoms with van der Waals surface area (Å²) in [6.07, 6.45) is 1.30. The van der Waals surface area contributed by atoms with E-state index in [1.165, 1.54) is 42.6 Å². The van der Waals surface area contributed by atoms with E-state index in [-0.39, 0.29) is 30.5 Å². The topological polar surface area (TPSA) is 69.2 Å². The van der Waals surface area contributed by atoms with E-state index >= 15 is 0 Å². The van der Waals surface area contributed by atoms with Crippen molar-refractivity contribution in [1.82, 2.24) is 5.43 Å². The average molecular weight is 382 g/mol. The number of carbonyl (C=O) groups excluding carboxylic acids is 1. The molecule has 0 spiro atoms. The maximum atomic E-state index is 13.0. The Morgan fingerprint density at radius 1 is 1.19 bits per heavy atom. The number of nitrogens with zero attached hydrogens (tertiary/aromatic N) is 1. The first-order valence-corrected chi connectivity index (χ1v) is 7.90. The predicted molar refractivity (Wildman–Crippen MR) is 91.9 cm³/mol. The van der Waals surface area contributed by atoms with E-state index in [2.05, 4.69) is 15.3 Å². The number of benzene rings is 2. The van der Waals surface area contributed by atoms with Crippen LogP contribution in [0.4, 0.5) is 13.2 Å². The molecule has 6 nitrogen and oxygen atoms in total. The van der Waals surface area contributed by atoms with Crippen molar-refractivity contribution in [3.8, 4) is 17.2 Å². The summed E-state index contributed by atoms with van der Waals surface area (Å²) in [7, 11) is 0. The minimum atomic E-state index is -2.97. The number of hydrogen-bond donors (Lipinski definition) is 1. The van der Waals surface area contributed by atoms with Gasteiger partial charge in [-0.2, -0.15) is 13.9 Å². The summed E-state index contributed by atoms with van der Waals surface area (Å²) >= 11 is 0. The van der Waals surface area contributed by atoms with Crippen LogP contribution in [0.1, 0.15) is 12.5 Å². The Balaban J connectivity index is 1.90. The third kappa shape index (κ3) is 6.89. The highest BCUT2D eigenvalue weighted by molar-refractivity contribution is 5.83. The van der Waals surface area contributed by atoms with Crippen molar-refractivity contribution < 1.29 is 32.2 Å². The van der Waals surface area contributed by atoms with Gasteiger partial charge in [-0.1, -0.05) is 6.07 Å². The minimum absolute atomic E-state index is 0.100. The lowest BCUT2D eigenvalue weighted by atomic mass is 10.2. The standard InChI is InChI=1S/C18H17F3N2O4/c1-2-25-16-8-12(6-7-15(16)27-18(20)21)10-22-23-17(24)11-26-14-5-3-4-13(19)9-14/h3-10,18H,2,11H2,1H3,(H,23,24)/b22-10-. The summed E-state index contributed by atoms with van der Waals surface area (Å²) in [5.74, 6) is -0.794. The maximum Gasteiger partial charge on any atom is 0.387 e. The molecule has 0 saturated heterocycles. The minimum Gasteiger partial charge on any atom is -0.490 e. The molecule has 27 heavy (non-hydrogen) atoms. The summed E-state index contributed by atoms with van der Waals surface area (Å²) in [6, 6.07) is 9.60. The summed E-state index contributed by atoms with van der Waals surface area (Å²) < 4.78 is 52.5. The number of rotatable bonds is 9. The Kier molecular flexibility index (Phi) is 7.48. The number of alkyl halides is 2. The largest absolute Gasteiger partial charge is 0.490 e. The molecular weight excluding hydrogens is 365 g/mol. The van der Waals surface area contributed by atoms with Crippen LogP contribution >= 0.6 is 0 Å². The van der Waals surface area contributed by atoms with Crippen LogP contribution in [0.25, 0.3) is 0 Å². The molecule has 9 heteroatoms. The van der Waals surface area contributed by atoms with E-state index < -0.39 is 18.3 Å². The second-order valence-corrected chi connectivity index (χ2v) is 5.06. The zero-order valence-electron chi connectivity index (χ0n) is 14.3. The molecule has 0 fully saturated rings. The second kappa shape index (κ2) is 10.0. The van der Waals surface area contributed by atoms with Gasteiger partial charge in [0.05, 0.1) is 12.8 Å². The van der Waals surface area contributed by atoms with Crippen molar-refractivity contribution in [2.45, 2.75) is 13.5 Å². The summed E-state index contributed by atoms with van der Waals surface area (Å²) in [5, 5.41) is 3.74. The van der Waals surface area contributed by atoms with Crippen LogP contribution in [0.3, 0.4) is 0 Å². The van der Waals surface area contributed by atoms with Gasteiger partial charge in [0.15, 0.2) is 18.1 Å². The molecule has 0 unspecified atom stereocenters. The number of carbonyl (C=O) groups is 1. The molecule has 0 aliphatic carbocycles. The molecule has 0 heterocycles. The van der Waals surface area contributed by atoms with Crippen LogP contribution in [0.5, 0.6) is 17.2 Å². The predicted octanol–water partition coefficient (Wildman–Crippen LogP) is 3.35. The van der Waals surface area contributed by atoms with E-state index in [1.807, 2.05) is 0 Å². The molecule has 1 amide bonds. The highest BCUT2D eigenvalue weighted by Gasteiger charge is 2.11. The van der Waals surface area contributed by atoms with E-state index in [1.54, 1.807) is 6.92 Å². The Bertz CT molecular complexity index is 800. The molecule has 0 aliphatic heterocycles. The van der Waals surface area contributed by atoms with Crippen LogP contribution in [0.15, 0.2) is 47.6 Å². The molecule has 0 aliphatic rings. The molecule has 2 aromatic carbocycles. The van der Waals surface area contributed by atoms with Crippen molar-refractivity contribution in [1.29, 1.82) is 0 Å². The van der Waals surface area contributed by atoms with Crippen molar-refractivity contribution >= 4 is 12.1 Å². The van der Waals surface area contributed by atoms with Gasteiger partial charge >= 0.3 is 6.61 Å². The summed E-state index contributed by atoms with van der Waals surface area (Å²) in [6.45, 7) is -1.37. The van der Waals surface area contributed by atoms with Crippen LogP contribution in [0, 0.1) is 5.82 Å². The van der Waals surface area contributed by atoms with Crippen LogP contribution in [0.2, 0.25) is 0 Å². The van der Waals surface area contributed by atoms with Gasteiger partial charge in [0.1, 0.15) is 11.6 Å². The van der Waals surface area contributed by atoms with Crippen molar-refractivity contribution in [2.24, 2.45) is 5.10 Å². The Hall–Kier alpha value is -3.23. The normalized spacial score (nSPS) is 10.9. The zero-order valence-corrected chi connectivity index (χ0v) is 14.3. The van der Waals surface area contributed by atoms with Gasteiger partial charge in [0.2, 0.25) is 0 Å². The van der Waals surface area contributed by atoms with E-state index in [0.29, 0.717) is 5.56 Å². The molecule has 0 radical (unpaired) electrons. The third-order valence-corrected chi connectivity index (χ3v) is 3.05. The van der Waals surface area contributed by atoms with Crippen LogP contribution < -0.4 is 19.6 Å². The molecule has 144 valence electrons. The number of halogens is 3. The molecule has 2 rings (SSSR count). The molecule has 0 atom stereocenters. The number of ether oxygens (including phenoxy) is 3. The fraction of sp³-hybridized carbons (Fsp3) is 0.222. The average Bonchev–Trinajstić information content (AvgIpc) is 2.62. The lowest BCUT2D eigenvalue weighted by Gasteiger charge is -2.11. The fourth-order valence-electron chi connectivity index (χ4n) is 1.98. The van der Waals surface area contributed by atoms with Gasteiger partial charge < -0.3 is 14.2 Å². The quantitative estimate of drug-likeness (QED) is 0.533. The van der Waals surface area contributed by atoms with Crippen LogP contribution in [-0.2, 0) is 4.79 Å². The third-order valence-electron chi connectivity index (χ3n) is 3.05.